The van der Waals surface area contributed by atoms with Gasteiger partial charge in [0.1, 0.15) is 29.7 Å². The van der Waals surface area contributed by atoms with Crippen LogP contribution in [-0.4, -0.2) is 200 Å². The molecule has 0 saturated carbocycles. The van der Waals surface area contributed by atoms with Crippen molar-refractivity contribution in [3.8, 4) is 0 Å². The van der Waals surface area contributed by atoms with Gasteiger partial charge in [0, 0.05) is 75.2 Å². The Morgan fingerprint density at radius 2 is 0.719 bits per heavy atom. The lowest BCUT2D eigenvalue weighted by Crippen LogP contribution is -2.30. The summed E-state index contributed by atoms with van der Waals surface area (Å²) in [5.74, 6) is -5.63. The van der Waals surface area contributed by atoms with Crippen molar-refractivity contribution >= 4 is 69.5 Å². The van der Waals surface area contributed by atoms with Crippen molar-refractivity contribution < 1.29 is 111 Å². The quantitative estimate of drug-likeness (QED) is 0.0116. The number of hydrogen-bond donors (Lipinski definition) is 4. The van der Waals surface area contributed by atoms with E-state index in [4.69, 9.17) is 48.7 Å². The monoisotopic (exact) mass is 1670 g/mol. The molecule has 4 aromatic rings. The molecule has 4 aromatic carbocycles. The molecular formula is C85H119NO24S4. The van der Waals surface area contributed by atoms with Crippen LogP contribution in [0.5, 0.6) is 0 Å². The van der Waals surface area contributed by atoms with Gasteiger partial charge >= 0.3 is 23.9 Å². The fourth-order valence-corrected chi connectivity index (χ4v) is 22.9. The van der Waals surface area contributed by atoms with Crippen LogP contribution >= 0.6 is 0 Å². The van der Waals surface area contributed by atoms with E-state index < -0.39 is 123 Å². The molecule has 6 heterocycles. The van der Waals surface area contributed by atoms with Crippen LogP contribution < -0.4 is 5.73 Å². The fourth-order valence-electron chi connectivity index (χ4n) is 15.7. The highest BCUT2D eigenvalue weighted by atomic mass is 32.2. The van der Waals surface area contributed by atoms with E-state index in [1.165, 1.54) is 0 Å². The zero-order chi connectivity index (χ0) is 84.3. The van der Waals surface area contributed by atoms with Gasteiger partial charge in [-0.2, -0.15) is 0 Å². The number of rotatable bonds is 32. The van der Waals surface area contributed by atoms with Crippen LogP contribution in [0.4, 0.5) is 0 Å². The fraction of sp³-hybridized carbons (Fsp3) is 0.588. The van der Waals surface area contributed by atoms with Gasteiger partial charge in [-0.3, -0.25) is 19.2 Å². The minimum absolute atomic E-state index is 0.00239. The number of ether oxygens (including phenoxy) is 8. The summed E-state index contributed by atoms with van der Waals surface area (Å²) < 4.78 is 149. The van der Waals surface area contributed by atoms with Gasteiger partial charge in [0.25, 0.3) is 0 Å². The highest BCUT2D eigenvalue weighted by Gasteiger charge is 2.52. The third kappa shape index (κ3) is 26.6. The van der Waals surface area contributed by atoms with Crippen LogP contribution in [-0.2, 0) is 101 Å². The third-order valence-electron chi connectivity index (χ3n) is 21.9. The van der Waals surface area contributed by atoms with E-state index in [-0.39, 0.29) is 144 Å². The number of nitrogens with two attached hydrogens (primary N) is 1. The maximum absolute atomic E-state index is 13.0. The van der Waals surface area contributed by atoms with Crippen LogP contribution in [0.25, 0.3) is 0 Å². The van der Waals surface area contributed by atoms with Crippen LogP contribution in [0, 0.1) is 59.2 Å². The lowest BCUT2D eigenvalue weighted by atomic mass is 9.86. The van der Waals surface area contributed by atoms with E-state index in [0.29, 0.717) is 59.6 Å². The first-order chi connectivity index (χ1) is 53.6. The number of aliphatic hydroxyl groups excluding tert-OH is 3. The largest absolute Gasteiger partial charge is 0.462 e. The molecule has 6 aliphatic rings. The molecule has 0 amide bonds. The molecule has 5 N–H and O–H groups in total. The Bertz CT molecular complexity index is 4000. The number of carbonyl (C=O) groups is 5. The molecule has 10 rings (SSSR count). The molecule has 29 heteroatoms. The summed E-state index contributed by atoms with van der Waals surface area (Å²) in [7, 11) is -13.9. The normalized spacial score (nSPS) is 29.5. The molecule has 6 aliphatic heterocycles. The number of aliphatic hydroxyl groups is 3. The highest BCUT2D eigenvalue weighted by Crippen LogP contribution is 2.44. The van der Waals surface area contributed by atoms with Crippen molar-refractivity contribution in [2.45, 2.75) is 237 Å². The average molecular weight is 1670 g/mol. The van der Waals surface area contributed by atoms with Crippen molar-refractivity contribution in [1.29, 1.82) is 0 Å². The zero-order valence-electron chi connectivity index (χ0n) is 67.1. The van der Waals surface area contributed by atoms with E-state index >= 15 is 0 Å². The van der Waals surface area contributed by atoms with Gasteiger partial charge in [0.05, 0.1) is 110 Å². The van der Waals surface area contributed by atoms with E-state index in [9.17, 15) is 67.9 Å². The Balaban J connectivity index is 0.000000213. The van der Waals surface area contributed by atoms with Gasteiger partial charge in [-0.25, -0.2) is 33.7 Å². The van der Waals surface area contributed by atoms with Crippen LogP contribution in [0.15, 0.2) is 179 Å². The second-order valence-electron chi connectivity index (χ2n) is 32.7. The number of sulfone groups is 4. The topological polar surface area (TPSA) is 382 Å². The Morgan fingerprint density at radius 1 is 0.456 bits per heavy atom. The molecule has 114 heavy (non-hydrogen) atoms. The van der Waals surface area contributed by atoms with Crippen LogP contribution in [0.1, 0.15) is 133 Å². The second kappa shape index (κ2) is 42.0. The van der Waals surface area contributed by atoms with Gasteiger partial charge in [-0.15, -0.1) is 19.7 Å². The Hall–Kier alpha value is -6.87. The zero-order valence-corrected chi connectivity index (χ0v) is 70.4. The standard InChI is InChI=1S/C25H34O7S.C24H32O8S.C18H27NO4S.C18H26O5S/c1-6-10-21-20(15-33(28,29)18-11-8-7-9-12-18)16(2)22(31-21)14-17-13-19(23(26)30-17)24(27)32-25(3,4)5;1-15-19(14-33(28,29)17-8-6-5-7-9-17)20(10-11-25)31-21(15)13-16-12-18(22(26)30-16)23(27)32-24(2,3)4;2*1-3-7-17-16(13(2)18(23-17)10-14(20)11-19)12-24(21,22)15-8-5-4-6-9-15/h6-9,11-12,16-17,19-22H,1,10,13-15H2,2-5H3;5-9,11,15-16,18-21H,10,12-14H2,1-4H3;3-6,8-9,13-14,16-18,20H,1,7,10-12,19H2,2H3;3-6,8-9,13-14,16-20H,1,7,10-12H2,2H3/t16-,17-,19?,20-,21+,22-;15-,16-,18?,19-,20+,21-;2*13-,14+,16-,17+,18-/m1111/s1. The first kappa shape index (κ1) is 94.3. The minimum Gasteiger partial charge on any atom is -0.462 e. The van der Waals surface area contributed by atoms with Gasteiger partial charge in [-0.05, 0) is 133 Å². The van der Waals surface area contributed by atoms with Crippen molar-refractivity contribution in [2.24, 2.45) is 64.9 Å². The van der Waals surface area contributed by atoms with E-state index in [0.717, 1.165) is 6.29 Å². The van der Waals surface area contributed by atoms with Gasteiger partial charge < -0.3 is 63.7 Å². The van der Waals surface area contributed by atoms with Crippen molar-refractivity contribution in [1.82, 2.24) is 0 Å². The first-order valence-corrected chi connectivity index (χ1v) is 45.7. The maximum atomic E-state index is 13.0. The van der Waals surface area contributed by atoms with E-state index in [1.54, 1.807) is 181 Å². The molecule has 0 aliphatic carbocycles. The Kier molecular flexibility index (Phi) is 34.7. The summed E-state index contributed by atoms with van der Waals surface area (Å²) in [6.45, 7) is 29.3. The maximum Gasteiger partial charge on any atom is 0.320 e. The number of cyclic esters (lactones) is 2. The molecule has 25 nitrogen and oxygen atoms in total. The molecular weight excluding hydrogens is 1550 g/mol. The second-order valence-corrected chi connectivity index (χ2v) is 40.9. The minimum atomic E-state index is -3.57. The summed E-state index contributed by atoms with van der Waals surface area (Å²) in [5, 5.41) is 28.5. The third-order valence-corrected chi connectivity index (χ3v) is 29.2. The molecule has 6 saturated heterocycles. The van der Waals surface area contributed by atoms with E-state index in [1.807, 2.05) is 27.7 Å². The molecule has 2 unspecified atom stereocenters. The summed E-state index contributed by atoms with van der Waals surface area (Å²) in [5.41, 5.74) is 4.09. The van der Waals surface area contributed by atoms with Crippen LogP contribution in [0.2, 0.25) is 0 Å². The molecule has 632 valence electrons. The molecule has 22 atom stereocenters. The SMILES string of the molecule is C=CC[C@@H]1O[C@H](C[C@H](O)CN)[C@H](C)[C@H]1CS(=O)(=O)c1ccccc1.C=CC[C@@H]1O[C@H](C[C@H](O)CO)[C@H](C)[C@H]1CS(=O)(=O)c1ccccc1.C=CC[C@@H]1O[C@H](C[C@H]2CC(C(=O)OC(C)(C)C)C(=O)O2)[C@H](C)[C@H]1CS(=O)(=O)c1ccccc1.C[C@@H]1[C@@H](CS(=O)(=O)c2ccccc2)[C@H](CC=O)O[C@@H]1C[C@H]1CC(C(=O)OC(C)(C)C)C(=O)O1. The molecule has 0 spiro atoms. The van der Waals surface area contributed by atoms with Crippen LogP contribution in [0.3, 0.4) is 0 Å². The lowest BCUT2D eigenvalue weighted by Gasteiger charge is -2.21. The average Bonchev–Trinajstić information content (AvgIpc) is 1.65. The molecule has 6 fully saturated rings. The Labute approximate surface area is 674 Å². The van der Waals surface area contributed by atoms with Crippen molar-refractivity contribution in [3.63, 3.8) is 0 Å². The molecule has 0 aromatic heterocycles. The van der Waals surface area contributed by atoms with Gasteiger partial charge in [0.15, 0.2) is 51.2 Å². The summed E-state index contributed by atoms with van der Waals surface area (Å²) in [6.07, 6.45) is 4.64. The smallest absolute Gasteiger partial charge is 0.320 e. The van der Waals surface area contributed by atoms with Crippen molar-refractivity contribution in [3.05, 3.63) is 159 Å². The summed E-state index contributed by atoms with van der Waals surface area (Å²) in [6, 6.07) is 33.5. The number of aldehydes is 1. The Morgan fingerprint density at radius 3 is 0.974 bits per heavy atom. The van der Waals surface area contributed by atoms with E-state index in [2.05, 4.69) is 19.7 Å². The highest BCUT2D eigenvalue weighted by molar-refractivity contribution is 7.92. The lowest BCUT2D eigenvalue weighted by molar-refractivity contribution is -0.166. The molecule has 0 radical (unpaired) electrons. The number of hydrogen-bond acceptors (Lipinski definition) is 25. The predicted molar refractivity (Wildman–Crippen MR) is 429 cm³/mol. The predicted octanol–water partition coefficient (Wildman–Crippen LogP) is 10.0. The summed E-state index contributed by atoms with van der Waals surface area (Å²) >= 11 is 0. The number of benzene rings is 4. The molecule has 0 bridgehead atoms. The number of carbonyl (C=O) groups excluding carboxylic acids is 5. The number of esters is 4. The first-order valence-electron chi connectivity index (χ1n) is 39.1. The van der Waals surface area contributed by atoms with Crippen molar-refractivity contribution in [2.75, 3.05) is 36.2 Å². The van der Waals surface area contributed by atoms with Gasteiger partial charge in [0.2, 0.25) is 0 Å². The van der Waals surface area contributed by atoms with Gasteiger partial charge in [-0.1, -0.05) is 119 Å². The summed E-state index contributed by atoms with van der Waals surface area (Å²) in [4.78, 5) is 61.6.